The molecule has 2 rings (SSSR count). The maximum atomic E-state index is 9.43. The second-order valence-electron chi connectivity index (χ2n) is 4.42. The molecule has 0 radical (unpaired) electrons. The lowest BCUT2D eigenvalue weighted by atomic mass is 10.1. The lowest BCUT2D eigenvalue weighted by molar-refractivity contribution is 0.222. The average Bonchev–Trinajstić information content (AvgIpc) is 2.40. The number of nitrogens with zero attached hydrogens (tertiary/aromatic N) is 1. The van der Waals surface area contributed by atoms with Gasteiger partial charge in [0, 0.05) is 35.9 Å². The van der Waals surface area contributed by atoms with Gasteiger partial charge >= 0.3 is 0 Å². The average molecular weight is 312 g/mol. The third-order valence-electron chi connectivity index (χ3n) is 3.19. The molecule has 0 saturated carbocycles. The normalized spacial score (nSPS) is 15.7. The molecule has 1 aromatic rings. The lowest BCUT2D eigenvalue weighted by Crippen LogP contribution is -2.30. The summed E-state index contributed by atoms with van der Waals surface area (Å²) in [6, 6.07) is 6.05. The van der Waals surface area contributed by atoms with E-state index in [4.69, 9.17) is 4.74 Å². The van der Waals surface area contributed by atoms with Crippen LogP contribution in [0.15, 0.2) is 34.3 Å². The van der Waals surface area contributed by atoms with Gasteiger partial charge in [-0.2, -0.15) is 0 Å². The van der Waals surface area contributed by atoms with Gasteiger partial charge in [0.2, 0.25) is 0 Å². The first-order valence-electron chi connectivity index (χ1n) is 6.05. The molecule has 0 amide bonds. The fourth-order valence-corrected chi connectivity index (χ4v) is 2.64. The van der Waals surface area contributed by atoms with Crippen molar-refractivity contribution in [3.63, 3.8) is 0 Å². The molecule has 3 nitrogen and oxygen atoms in total. The molecule has 1 aliphatic rings. The van der Waals surface area contributed by atoms with E-state index in [0.29, 0.717) is 0 Å². The van der Waals surface area contributed by atoms with Crippen molar-refractivity contribution in [1.29, 1.82) is 0 Å². The van der Waals surface area contributed by atoms with E-state index in [1.54, 1.807) is 7.11 Å². The summed E-state index contributed by atoms with van der Waals surface area (Å²) in [4.78, 5) is 2.29. The van der Waals surface area contributed by atoms with Crippen molar-refractivity contribution in [2.24, 2.45) is 0 Å². The fraction of sp³-hybridized carbons (Fsp3) is 0.429. The molecule has 0 unspecified atom stereocenters. The molecular formula is C14H18BrNO2. The Hall–Kier alpha value is -0.840. The van der Waals surface area contributed by atoms with Crippen molar-refractivity contribution in [3.05, 3.63) is 39.9 Å². The SMILES string of the molecule is COCC1=CCN(c2ccc(Br)cc2CO)CC1. The highest BCUT2D eigenvalue weighted by atomic mass is 79.9. The zero-order valence-electron chi connectivity index (χ0n) is 10.5. The molecule has 0 saturated heterocycles. The Kier molecular flexibility index (Phi) is 4.80. The second kappa shape index (κ2) is 6.36. The molecule has 4 heteroatoms. The molecule has 1 aliphatic heterocycles. The minimum Gasteiger partial charge on any atom is -0.392 e. The number of ether oxygens (including phenoxy) is 1. The number of methoxy groups -OCH3 is 1. The van der Waals surface area contributed by atoms with Gasteiger partial charge in [-0.05, 0) is 30.2 Å². The number of halogens is 1. The monoisotopic (exact) mass is 311 g/mol. The molecular weight excluding hydrogens is 294 g/mol. The van der Waals surface area contributed by atoms with Crippen LogP contribution in [0.25, 0.3) is 0 Å². The van der Waals surface area contributed by atoms with Crippen LogP contribution in [0.1, 0.15) is 12.0 Å². The van der Waals surface area contributed by atoms with Crippen LogP contribution in [0.4, 0.5) is 5.69 Å². The van der Waals surface area contributed by atoms with E-state index in [1.807, 2.05) is 12.1 Å². The standard InChI is InChI=1S/C14H18BrNO2/c1-18-10-11-4-6-16(7-5-11)14-3-2-13(15)8-12(14)9-17/h2-4,8,17H,5-7,9-10H2,1H3. The fourth-order valence-electron chi connectivity index (χ4n) is 2.24. The molecule has 18 heavy (non-hydrogen) atoms. The Balaban J connectivity index is 2.14. The van der Waals surface area contributed by atoms with Crippen LogP contribution < -0.4 is 4.90 Å². The number of benzene rings is 1. The molecule has 0 bridgehead atoms. The topological polar surface area (TPSA) is 32.7 Å². The molecule has 0 aliphatic carbocycles. The molecule has 1 N–H and O–H groups in total. The van der Waals surface area contributed by atoms with Crippen LogP contribution in [0.2, 0.25) is 0 Å². The van der Waals surface area contributed by atoms with Crippen molar-refractivity contribution in [1.82, 2.24) is 0 Å². The Labute approximate surface area is 116 Å². The van der Waals surface area contributed by atoms with E-state index in [1.165, 1.54) is 5.57 Å². The first kappa shape index (κ1) is 13.6. The van der Waals surface area contributed by atoms with Gasteiger partial charge in [0.1, 0.15) is 0 Å². The molecule has 1 aromatic carbocycles. The zero-order valence-corrected chi connectivity index (χ0v) is 12.1. The zero-order chi connectivity index (χ0) is 13.0. The van der Waals surface area contributed by atoms with Gasteiger partial charge in [0.15, 0.2) is 0 Å². The Morgan fingerprint density at radius 2 is 2.28 bits per heavy atom. The molecule has 98 valence electrons. The quantitative estimate of drug-likeness (QED) is 0.868. The third-order valence-corrected chi connectivity index (χ3v) is 3.68. The van der Waals surface area contributed by atoms with Gasteiger partial charge in [-0.1, -0.05) is 22.0 Å². The van der Waals surface area contributed by atoms with E-state index in [2.05, 4.69) is 33.0 Å². The van der Waals surface area contributed by atoms with Crippen molar-refractivity contribution in [3.8, 4) is 0 Å². The number of aliphatic hydroxyl groups is 1. The highest BCUT2D eigenvalue weighted by molar-refractivity contribution is 9.10. The highest BCUT2D eigenvalue weighted by Gasteiger charge is 2.15. The van der Waals surface area contributed by atoms with Gasteiger partial charge in [0.05, 0.1) is 13.2 Å². The van der Waals surface area contributed by atoms with Crippen LogP contribution >= 0.6 is 15.9 Å². The number of anilines is 1. The molecule has 1 heterocycles. The summed E-state index contributed by atoms with van der Waals surface area (Å²) < 4.78 is 6.15. The molecule has 0 spiro atoms. The highest BCUT2D eigenvalue weighted by Crippen LogP contribution is 2.27. The molecule has 0 atom stereocenters. The number of rotatable bonds is 4. The van der Waals surface area contributed by atoms with Gasteiger partial charge < -0.3 is 14.7 Å². The first-order valence-corrected chi connectivity index (χ1v) is 6.85. The first-order chi connectivity index (χ1) is 8.74. The summed E-state index contributed by atoms with van der Waals surface area (Å²) in [5.41, 5.74) is 3.44. The van der Waals surface area contributed by atoms with Crippen LogP contribution in [-0.4, -0.2) is 31.9 Å². The summed E-state index contributed by atoms with van der Waals surface area (Å²) >= 11 is 3.43. The minimum absolute atomic E-state index is 0.0694. The van der Waals surface area contributed by atoms with Crippen LogP contribution in [0, 0.1) is 0 Å². The predicted octanol–water partition coefficient (Wildman–Crippen LogP) is 2.72. The predicted molar refractivity (Wildman–Crippen MR) is 76.9 cm³/mol. The number of aliphatic hydroxyl groups excluding tert-OH is 1. The number of hydrogen-bond donors (Lipinski definition) is 1. The Morgan fingerprint density at radius 3 is 2.89 bits per heavy atom. The summed E-state index contributed by atoms with van der Waals surface area (Å²) in [6.45, 7) is 2.65. The smallest absolute Gasteiger partial charge is 0.0702 e. The van der Waals surface area contributed by atoms with E-state index in [-0.39, 0.29) is 6.61 Å². The summed E-state index contributed by atoms with van der Waals surface area (Å²) in [5, 5.41) is 9.43. The van der Waals surface area contributed by atoms with Crippen LogP contribution in [0.3, 0.4) is 0 Å². The lowest BCUT2D eigenvalue weighted by Gasteiger charge is -2.30. The van der Waals surface area contributed by atoms with Crippen molar-refractivity contribution < 1.29 is 9.84 Å². The number of hydrogen-bond acceptors (Lipinski definition) is 3. The summed E-state index contributed by atoms with van der Waals surface area (Å²) in [5.74, 6) is 0. The summed E-state index contributed by atoms with van der Waals surface area (Å²) in [7, 11) is 1.73. The van der Waals surface area contributed by atoms with Crippen molar-refractivity contribution >= 4 is 21.6 Å². The van der Waals surface area contributed by atoms with Crippen molar-refractivity contribution in [2.75, 3.05) is 31.7 Å². The molecule has 0 fully saturated rings. The maximum Gasteiger partial charge on any atom is 0.0702 e. The molecule has 0 aromatic heterocycles. The van der Waals surface area contributed by atoms with Gasteiger partial charge in [0.25, 0.3) is 0 Å². The van der Waals surface area contributed by atoms with E-state index in [0.717, 1.165) is 41.8 Å². The minimum atomic E-state index is 0.0694. The van der Waals surface area contributed by atoms with Crippen molar-refractivity contribution in [2.45, 2.75) is 13.0 Å². The largest absolute Gasteiger partial charge is 0.392 e. The van der Waals surface area contributed by atoms with E-state index in [9.17, 15) is 5.11 Å². The van der Waals surface area contributed by atoms with E-state index < -0.39 is 0 Å². The van der Waals surface area contributed by atoms with Gasteiger partial charge in [-0.3, -0.25) is 0 Å². The third kappa shape index (κ3) is 3.13. The van der Waals surface area contributed by atoms with Gasteiger partial charge in [-0.25, -0.2) is 0 Å². The summed E-state index contributed by atoms with van der Waals surface area (Å²) in [6.07, 6.45) is 3.24. The maximum absolute atomic E-state index is 9.43. The van der Waals surface area contributed by atoms with Gasteiger partial charge in [-0.15, -0.1) is 0 Å². The Bertz CT molecular complexity index is 445. The van der Waals surface area contributed by atoms with E-state index >= 15 is 0 Å². The van der Waals surface area contributed by atoms with Crippen LogP contribution in [0.5, 0.6) is 0 Å². The van der Waals surface area contributed by atoms with Crippen LogP contribution in [-0.2, 0) is 11.3 Å². The Morgan fingerprint density at radius 1 is 1.44 bits per heavy atom. The second-order valence-corrected chi connectivity index (χ2v) is 5.34.